The molecule has 1 heterocycles. The Morgan fingerprint density at radius 3 is 3.00 bits per heavy atom. The van der Waals surface area contributed by atoms with E-state index in [-0.39, 0.29) is 5.91 Å². The van der Waals surface area contributed by atoms with Crippen molar-refractivity contribution in [2.45, 2.75) is 12.8 Å². The van der Waals surface area contributed by atoms with Crippen LogP contribution >= 0.6 is 27.3 Å². The molecular formula is C14H13BrN2OS. The fourth-order valence-corrected chi connectivity index (χ4v) is 3.55. The molecule has 0 atom stereocenters. The number of unbranched alkanes of at least 4 members (excludes halogenated alkanes) is 1. The van der Waals surface area contributed by atoms with Crippen LogP contribution in [0.5, 0.6) is 0 Å². The number of amides is 1. The SMILES string of the molecule is C#CCCCNC(=O)c1sc2cccc(Br)c2c1N. The summed E-state index contributed by atoms with van der Waals surface area (Å²) < 4.78 is 1.91. The van der Waals surface area contributed by atoms with Crippen molar-refractivity contribution in [1.29, 1.82) is 0 Å². The van der Waals surface area contributed by atoms with Crippen LogP contribution in [0.3, 0.4) is 0 Å². The van der Waals surface area contributed by atoms with Crippen molar-refractivity contribution in [2.75, 3.05) is 12.3 Å². The zero-order valence-corrected chi connectivity index (χ0v) is 12.6. The summed E-state index contributed by atoms with van der Waals surface area (Å²) in [4.78, 5) is 12.6. The first-order valence-electron chi connectivity index (χ1n) is 5.83. The predicted molar refractivity (Wildman–Crippen MR) is 84.3 cm³/mol. The highest BCUT2D eigenvalue weighted by Gasteiger charge is 2.17. The smallest absolute Gasteiger partial charge is 0.263 e. The maximum atomic E-state index is 12.1. The molecule has 0 bridgehead atoms. The maximum Gasteiger partial charge on any atom is 0.263 e. The Labute approximate surface area is 124 Å². The number of carbonyl (C=O) groups excluding carboxylic acids is 1. The summed E-state index contributed by atoms with van der Waals surface area (Å²) in [6.07, 6.45) is 6.60. The minimum absolute atomic E-state index is 0.136. The van der Waals surface area contributed by atoms with Crippen molar-refractivity contribution in [3.05, 3.63) is 27.5 Å². The molecule has 0 fully saturated rings. The third kappa shape index (κ3) is 2.91. The molecule has 19 heavy (non-hydrogen) atoms. The molecule has 0 aliphatic heterocycles. The third-order valence-corrected chi connectivity index (χ3v) is 4.52. The number of nitrogens with one attached hydrogen (secondary N) is 1. The summed E-state index contributed by atoms with van der Waals surface area (Å²) in [6, 6.07) is 5.80. The molecule has 1 amide bonds. The van der Waals surface area contributed by atoms with Crippen LogP contribution in [0.15, 0.2) is 22.7 Å². The number of terminal acetylenes is 1. The van der Waals surface area contributed by atoms with E-state index in [0.717, 1.165) is 21.0 Å². The highest BCUT2D eigenvalue weighted by molar-refractivity contribution is 9.10. The molecule has 2 rings (SSSR count). The van der Waals surface area contributed by atoms with Gasteiger partial charge in [-0.05, 0) is 18.6 Å². The Hall–Kier alpha value is -1.51. The van der Waals surface area contributed by atoms with Crippen LogP contribution in [-0.4, -0.2) is 12.5 Å². The summed E-state index contributed by atoms with van der Waals surface area (Å²) in [5, 5.41) is 3.74. The number of halogens is 1. The second kappa shape index (κ2) is 6.09. The van der Waals surface area contributed by atoms with Crippen LogP contribution in [0, 0.1) is 12.3 Å². The zero-order valence-electron chi connectivity index (χ0n) is 10.2. The first-order valence-corrected chi connectivity index (χ1v) is 7.44. The number of nitrogen functional groups attached to an aromatic ring is 1. The number of thiophene rings is 1. The van der Waals surface area contributed by atoms with Gasteiger partial charge in [0, 0.05) is 27.5 Å². The van der Waals surface area contributed by atoms with Crippen LogP contribution in [-0.2, 0) is 0 Å². The quantitative estimate of drug-likeness (QED) is 0.664. The number of hydrogen-bond donors (Lipinski definition) is 2. The van der Waals surface area contributed by atoms with E-state index in [9.17, 15) is 4.79 Å². The number of rotatable bonds is 4. The molecule has 3 N–H and O–H groups in total. The van der Waals surface area contributed by atoms with Crippen LogP contribution in [0.4, 0.5) is 5.69 Å². The predicted octanol–water partition coefficient (Wildman–Crippen LogP) is 3.39. The lowest BCUT2D eigenvalue weighted by Crippen LogP contribution is -2.24. The lowest BCUT2D eigenvalue weighted by Gasteiger charge is -2.02. The fraction of sp³-hybridized carbons (Fsp3) is 0.214. The molecule has 0 unspecified atom stereocenters. The number of nitrogens with two attached hydrogens (primary N) is 1. The highest BCUT2D eigenvalue weighted by Crippen LogP contribution is 2.37. The van der Waals surface area contributed by atoms with Crippen molar-refractivity contribution < 1.29 is 4.79 Å². The number of benzene rings is 1. The molecule has 0 spiro atoms. The van der Waals surface area contributed by atoms with Crippen molar-refractivity contribution in [1.82, 2.24) is 5.32 Å². The van der Waals surface area contributed by atoms with Gasteiger partial charge in [-0.3, -0.25) is 4.79 Å². The summed E-state index contributed by atoms with van der Waals surface area (Å²) in [5.41, 5.74) is 6.59. The highest BCUT2D eigenvalue weighted by atomic mass is 79.9. The van der Waals surface area contributed by atoms with Gasteiger partial charge in [0.1, 0.15) is 4.88 Å². The summed E-state index contributed by atoms with van der Waals surface area (Å²) >= 11 is 4.86. The molecule has 2 aromatic rings. The van der Waals surface area contributed by atoms with Gasteiger partial charge in [-0.25, -0.2) is 0 Å². The van der Waals surface area contributed by atoms with E-state index in [2.05, 4.69) is 27.2 Å². The van der Waals surface area contributed by atoms with Gasteiger partial charge in [-0.1, -0.05) is 22.0 Å². The Balaban J connectivity index is 2.21. The molecule has 5 heteroatoms. The van der Waals surface area contributed by atoms with Crippen LogP contribution in [0.1, 0.15) is 22.5 Å². The number of anilines is 1. The van der Waals surface area contributed by atoms with Gasteiger partial charge in [0.25, 0.3) is 5.91 Å². The van der Waals surface area contributed by atoms with Gasteiger partial charge < -0.3 is 11.1 Å². The van der Waals surface area contributed by atoms with E-state index in [4.69, 9.17) is 12.2 Å². The fourth-order valence-electron chi connectivity index (χ4n) is 1.77. The van der Waals surface area contributed by atoms with Gasteiger partial charge in [0.05, 0.1) is 5.69 Å². The average molecular weight is 337 g/mol. The van der Waals surface area contributed by atoms with Crippen LogP contribution < -0.4 is 11.1 Å². The second-order valence-electron chi connectivity index (χ2n) is 4.02. The Bertz CT molecular complexity index is 657. The largest absolute Gasteiger partial charge is 0.397 e. The first-order chi connectivity index (χ1) is 9.15. The van der Waals surface area contributed by atoms with E-state index in [1.54, 1.807) is 0 Å². The van der Waals surface area contributed by atoms with E-state index < -0.39 is 0 Å². The Kier molecular flexibility index (Phi) is 4.46. The molecule has 98 valence electrons. The van der Waals surface area contributed by atoms with Gasteiger partial charge in [0.2, 0.25) is 0 Å². The molecule has 0 saturated carbocycles. The number of hydrogen-bond acceptors (Lipinski definition) is 3. The van der Waals surface area contributed by atoms with Crippen molar-refractivity contribution in [2.24, 2.45) is 0 Å². The van der Waals surface area contributed by atoms with Gasteiger partial charge in [-0.2, -0.15) is 0 Å². The zero-order chi connectivity index (χ0) is 13.8. The average Bonchev–Trinajstić information content (AvgIpc) is 2.73. The normalized spacial score (nSPS) is 10.3. The molecule has 0 aliphatic rings. The van der Waals surface area contributed by atoms with Crippen LogP contribution in [0.2, 0.25) is 0 Å². The maximum absolute atomic E-state index is 12.1. The van der Waals surface area contributed by atoms with Crippen molar-refractivity contribution in [3.8, 4) is 12.3 Å². The van der Waals surface area contributed by atoms with Crippen molar-refractivity contribution >= 4 is 48.9 Å². The monoisotopic (exact) mass is 336 g/mol. The van der Waals surface area contributed by atoms with Crippen LogP contribution in [0.25, 0.3) is 10.1 Å². The molecule has 3 nitrogen and oxygen atoms in total. The van der Waals surface area contributed by atoms with Crippen molar-refractivity contribution in [3.63, 3.8) is 0 Å². The molecule has 1 aromatic carbocycles. The summed E-state index contributed by atoms with van der Waals surface area (Å²) in [7, 11) is 0. The number of carbonyl (C=O) groups is 1. The van der Waals surface area contributed by atoms with E-state index >= 15 is 0 Å². The minimum Gasteiger partial charge on any atom is -0.397 e. The summed E-state index contributed by atoms with van der Waals surface area (Å²) in [5.74, 6) is 2.41. The van der Waals surface area contributed by atoms with Gasteiger partial charge in [-0.15, -0.1) is 23.7 Å². The first kappa shape index (κ1) is 13.9. The van der Waals surface area contributed by atoms with E-state index in [1.807, 2.05) is 18.2 Å². The third-order valence-electron chi connectivity index (χ3n) is 2.69. The van der Waals surface area contributed by atoms with E-state index in [1.165, 1.54) is 11.3 Å². The van der Waals surface area contributed by atoms with Gasteiger partial charge >= 0.3 is 0 Å². The topological polar surface area (TPSA) is 55.1 Å². The molecule has 0 radical (unpaired) electrons. The molecule has 1 aromatic heterocycles. The number of fused-ring (bicyclic) bond motifs is 1. The Morgan fingerprint density at radius 2 is 2.32 bits per heavy atom. The molecular weight excluding hydrogens is 324 g/mol. The van der Waals surface area contributed by atoms with E-state index in [0.29, 0.717) is 23.5 Å². The second-order valence-corrected chi connectivity index (χ2v) is 5.93. The lowest BCUT2D eigenvalue weighted by molar-refractivity contribution is 0.0958. The lowest BCUT2D eigenvalue weighted by atomic mass is 10.2. The summed E-state index contributed by atoms with van der Waals surface area (Å²) in [6.45, 7) is 0.567. The Morgan fingerprint density at radius 1 is 1.53 bits per heavy atom. The standard InChI is InChI=1S/C14H13BrN2OS/c1-2-3-4-8-17-14(18)13-12(16)11-9(15)6-5-7-10(11)19-13/h1,5-7H,3-4,8,16H2,(H,17,18). The molecule has 0 saturated heterocycles. The minimum atomic E-state index is -0.136. The molecule has 0 aliphatic carbocycles. The van der Waals surface area contributed by atoms with Gasteiger partial charge in [0.15, 0.2) is 0 Å².